The highest BCUT2D eigenvalue weighted by atomic mass is 16.5. The summed E-state index contributed by atoms with van der Waals surface area (Å²) in [5, 5.41) is 0. The topological polar surface area (TPSA) is 50.6 Å². The maximum atomic E-state index is 11.9. The zero-order chi connectivity index (χ0) is 14.8. The molecule has 1 aromatic rings. The number of rotatable bonds is 4. The van der Waals surface area contributed by atoms with Crippen molar-refractivity contribution in [2.75, 3.05) is 33.3 Å². The van der Waals surface area contributed by atoms with Gasteiger partial charge in [0.2, 0.25) is 5.91 Å². The number of hydrogen-bond donors (Lipinski definition) is 0. The monoisotopic (exact) mass is 292 g/mol. The smallest absolute Gasteiger partial charge is 0.248 e. The molecule has 116 valence electrons. The largest absolute Gasteiger partial charge is 0.365 e. The molecule has 1 aromatic heterocycles. The lowest BCUT2D eigenvalue weighted by Gasteiger charge is -2.31. The van der Waals surface area contributed by atoms with Gasteiger partial charge in [-0.2, -0.15) is 0 Å². The summed E-state index contributed by atoms with van der Waals surface area (Å²) in [6.45, 7) is 6.53. The first-order valence-corrected chi connectivity index (χ1v) is 7.77. The maximum Gasteiger partial charge on any atom is 0.248 e. The molecule has 1 atom stereocenters. The summed E-state index contributed by atoms with van der Waals surface area (Å²) in [5.41, 5.74) is 1.07. The molecule has 0 unspecified atom stereocenters. The van der Waals surface area contributed by atoms with E-state index in [9.17, 15) is 4.79 Å². The fourth-order valence-electron chi connectivity index (χ4n) is 3.08. The van der Waals surface area contributed by atoms with Crippen molar-refractivity contribution in [1.82, 2.24) is 19.4 Å². The summed E-state index contributed by atoms with van der Waals surface area (Å²) in [6, 6.07) is 0.332. The standard InChI is InChI=1S/C15H24N4O2/c1-12-15-16-9-13(19(15)8-7-17(12)2)10-21-11-14(20)18-5-3-4-6-18/h9,12H,3-8,10-11H2,1-2H3/t12-/m0/s1. The van der Waals surface area contributed by atoms with E-state index in [1.807, 2.05) is 11.1 Å². The maximum absolute atomic E-state index is 11.9. The molecule has 0 saturated carbocycles. The molecule has 0 aliphatic carbocycles. The molecule has 0 N–H and O–H groups in total. The Bertz CT molecular complexity index is 508. The Hall–Kier alpha value is -1.40. The van der Waals surface area contributed by atoms with Crippen LogP contribution in [0.1, 0.15) is 37.3 Å². The number of fused-ring (bicyclic) bond motifs is 1. The molecule has 0 bridgehead atoms. The molecule has 3 rings (SSSR count). The molecule has 21 heavy (non-hydrogen) atoms. The highest BCUT2D eigenvalue weighted by Crippen LogP contribution is 2.23. The number of likely N-dealkylation sites (tertiary alicyclic amines) is 1. The van der Waals surface area contributed by atoms with Crippen LogP contribution in [0.25, 0.3) is 0 Å². The minimum atomic E-state index is 0.110. The van der Waals surface area contributed by atoms with Crippen molar-refractivity contribution in [3.05, 3.63) is 17.7 Å². The second-order valence-corrected chi connectivity index (χ2v) is 6.00. The van der Waals surface area contributed by atoms with Gasteiger partial charge in [-0.1, -0.05) is 0 Å². The normalized spacial score (nSPS) is 22.6. The number of carbonyl (C=O) groups is 1. The summed E-state index contributed by atoms with van der Waals surface area (Å²) >= 11 is 0. The zero-order valence-electron chi connectivity index (χ0n) is 12.9. The number of ether oxygens (including phenoxy) is 1. The molecule has 1 amide bonds. The van der Waals surface area contributed by atoms with Crippen LogP contribution in [0, 0.1) is 0 Å². The molecule has 0 radical (unpaired) electrons. The van der Waals surface area contributed by atoms with Crippen molar-refractivity contribution in [3.8, 4) is 0 Å². The first-order valence-electron chi connectivity index (χ1n) is 7.77. The molecule has 2 aliphatic heterocycles. The Labute approximate surface area is 125 Å². The molecular weight excluding hydrogens is 268 g/mol. The molecule has 6 nitrogen and oxygen atoms in total. The number of amides is 1. The number of hydrogen-bond acceptors (Lipinski definition) is 4. The number of likely N-dealkylation sites (N-methyl/N-ethyl adjacent to an activating group) is 1. The third-order valence-corrected chi connectivity index (χ3v) is 4.61. The van der Waals surface area contributed by atoms with Gasteiger partial charge in [0.05, 0.1) is 24.5 Å². The van der Waals surface area contributed by atoms with Crippen LogP contribution in [0.2, 0.25) is 0 Å². The summed E-state index contributed by atoms with van der Waals surface area (Å²) in [4.78, 5) is 20.6. The quantitative estimate of drug-likeness (QED) is 0.832. The lowest BCUT2D eigenvalue weighted by atomic mass is 10.2. The average molecular weight is 292 g/mol. The Morgan fingerprint density at radius 3 is 2.86 bits per heavy atom. The van der Waals surface area contributed by atoms with Crippen LogP contribution in [-0.2, 0) is 22.7 Å². The van der Waals surface area contributed by atoms with Gasteiger partial charge in [0.15, 0.2) is 0 Å². The summed E-state index contributed by atoms with van der Waals surface area (Å²) in [5.74, 6) is 1.20. The Balaban J connectivity index is 1.54. The molecule has 0 spiro atoms. The van der Waals surface area contributed by atoms with Gasteiger partial charge in [-0.15, -0.1) is 0 Å². The molecule has 3 heterocycles. The van der Waals surface area contributed by atoms with E-state index in [1.165, 1.54) is 0 Å². The van der Waals surface area contributed by atoms with Gasteiger partial charge in [-0.3, -0.25) is 9.69 Å². The van der Waals surface area contributed by atoms with Crippen molar-refractivity contribution in [2.24, 2.45) is 0 Å². The van der Waals surface area contributed by atoms with Crippen molar-refractivity contribution in [3.63, 3.8) is 0 Å². The fraction of sp³-hybridized carbons (Fsp3) is 0.733. The highest BCUT2D eigenvalue weighted by molar-refractivity contribution is 5.77. The minimum Gasteiger partial charge on any atom is -0.365 e. The van der Waals surface area contributed by atoms with Gasteiger partial charge in [-0.25, -0.2) is 4.98 Å². The van der Waals surface area contributed by atoms with E-state index in [4.69, 9.17) is 4.74 Å². The van der Waals surface area contributed by atoms with E-state index in [1.54, 1.807) is 0 Å². The number of imidazole rings is 1. The Kier molecular flexibility index (Phi) is 4.26. The van der Waals surface area contributed by atoms with Gasteiger partial charge < -0.3 is 14.2 Å². The van der Waals surface area contributed by atoms with Crippen molar-refractivity contribution in [1.29, 1.82) is 0 Å². The first-order chi connectivity index (χ1) is 10.2. The second-order valence-electron chi connectivity index (χ2n) is 6.00. The average Bonchev–Trinajstić information content (AvgIpc) is 3.13. The first kappa shape index (κ1) is 14.5. The van der Waals surface area contributed by atoms with Crippen LogP contribution in [0.5, 0.6) is 0 Å². The molecule has 6 heteroatoms. The van der Waals surface area contributed by atoms with Crippen molar-refractivity contribution in [2.45, 2.75) is 39.0 Å². The predicted molar refractivity (Wildman–Crippen MR) is 78.7 cm³/mol. The molecule has 0 aromatic carbocycles. The van der Waals surface area contributed by atoms with Gasteiger partial charge in [0.1, 0.15) is 12.4 Å². The van der Waals surface area contributed by atoms with Crippen LogP contribution in [-0.4, -0.2) is 58.5 Å². The summed E-state index contributed by atoms with van der Waals surface area (Å²) < 4.78 is 7.84. The van der Waals surface area contributed by atoms with Crippen molar-refractivity contribution >= 4 is 5.91 Å². The van der Waals surface area contributed by atoms with E-state index in [0.717, 1.165) is 50.5 Å². The van der Waals surface area contributed by atoms with E-state index >= 15 is 0 Å². The van der Waals surface area contributed by atoms with Gasteiger partial charge >= 0.3 is 0 Å². The minimum absolute atomic E-state index is 0.110. The number of carbonyl (C=O) groups excluding carboxylic acids is 1. The second kappa shape index (κ2) is 6.15. The highest BCUT2D eigenvalue weighted by Gasteiger charge is 2.24. The molecular formula is C15H24N4O2. The van der Waals surface area contributed by atoms with Crippen LogP contribution >= 0.6 is 0 Å². The lowest BCUT2D eigenvalue weighted by Crippen LogP contribution is -2.34. The van der Waals surface area contributed by atoms with Crippen LogP contribution in [0.3, 0.4) is 0 Å². The van der Waals surface area contributed by atoms with Crippen LogP contribution < -0.4 is 0 Å². The lowest BCUT2D eigenvalue weighted by molar-refractivity contribution is -0.135. The molecule has 1 saturated heterocycles. The molecule has 2 aliphatic rings. The third-order valence-electron chi connectivity index (χ3n) is 4.61. The fourth-order valence-corrected chi connectivity index (χ4v) is 3.08. The summed E-state index contributed by atoms with van der Waals surface area (Å²) in [6.07, 6.45) is 4.12. The van der Waals surface area contributed by atoms with E-state index in [-0.39, 0.29) is 12.5 Å². The predicted octanol–water partition coefficient (Wildman–Crippen LogP) is 1.03. The van der Waals surface area contributed by atoms with Gasteiger partial charge in [0.25, 0.3) is 0 Å². The van der Waals surface area contributed by atoms with E-state index < -0.39 is 0 Å². The number of nitrogens with zero attached hydrogens (tertiary/aromatic N) is 4. The van der Waals surface area contributed by atoms with Gasteiger partial charge in [0, 0.05) is 26.2 Å². The SMILES string of the molecule is C[C@H]1c2ncc(COCC(=O)N3CCCC3)n2CCN1C. The molecule has 1 fully saturated rings. The van der Waals surface area contributed by atoms with E-state index in [2.05, 4.69) is 28.4 Å². The Morgan fingerprint density at radius 1 is 1.33 bits per heavy atom. The van der Waals surface area contributed by atoms with Crippen LogP contribution in [0.4, 0.5) is 0 Å². The van der Waals surface area contributed by atoms with E-state index in [0.29, 0.717) is 12.6 Å². The van der Waals surface area contributed by atoms with Crippen molar-refractivity contribution < 1.29 is 9.53 Å². The zero-order valence-corrected chi connectivity index (χ0v) is 12.9. The summed E-state index contributed by atoms with van der Waals surface area (Å²) in [7, 11) is 2.12. The van der Waals surface area contributed by atoms with Crippen LogP contribution in [0.15, 0.2) is 6.20 Å². The van der Waals surface area contributed by atoms with Gasteiger partial charge in [-0.05, 0) is 26.8 Å². The number of aromatic nitrogens is 2. The Morgan fingerprint density at radius 2 is 2.10 bits per heavy atom. The third kappa shape index (κ3) is 2.96.